The lowest BCUT2D eigenvalue weighted by Crippen LogP contribution is -2.48. The van der Waals surface area contributed by atoms with Crippen molar-refractivity contribution >= 4 is 6.03 Å². The molecular formula is C20H24N2O2. The van der Waals surface area contributed by atoms with Gasteiger partial charge in [0, 0.05) is 33.0 Å². The molecule has 0 saturated carbocycles. The Kier molecular flexibility index (Phi) is 5.16. The molecule has 126 valence electrons. The summed E-state index contributed by atoms with van der Waals surface area (Å²) in [4.78, 5) is 12.0. The molecule has 3 rings (SSSR count). The SMILES string of the molecule is COC1(CNC(=O)NCCc2ccccc2)Cc2ccccc2C1. The zero-order chi connectivity index (χ0) is 16.8. The zero-order valence-corrected chi connectivity index (χ0v) is 14.0. The van der Waals surface area contributed by atoms with Gasteiger partial charge in [0.15, 0.2) is 0 Å². The van der Waals surface area contributed by atoms with Gasteiger partial charge in [-0.3, -0.25) is 0 Å². The van der Waals surface area contributed by atoms with E-state index in [0.717, 1.165) is 19.3 Å². The second kappa shape index (κ2) is 7.49. The fourth-order valence-corrected chi connectivity index (χ4v) is 3.27. The number of nitrogens with one attached hydrogen (secondary N) is 2. The van der Waals surface area contributed by atoms with Crippen LogP contribution in [0.15, 0.2) is 54.6 Å². The average Bonchev–Trinajstić information content (AvgIpc) is 3.00. The van der Waals surface area contributed by atoms with E-state index in [9.17, 15) is 4.79 Å². The minimum absolute atomic E-state index is 0.140. The van der Waals surface area contributed by atoms with Crippen molar-refractivity contribution in [2.24, 2.45) is 0 Å². The minimum atomic E-state index is -0.333. The van der Waals surface area contributed by atoms with Crippen LogP contribution in [-0.2, 0) is 24.0 Å². The van der Waals surface area contributed by atoms with Gasteiger partial charge in [-0.1, -0.05) is 54.6 Å². The van der Waals surface area contributed by atoms with E-state index in [4.69, 9.17) is 4.74 Å². The molecule has 0 bridgehead atoms. The lowest BCUT2D eigenvalue weighted by Gasteiger charge is -2.27. The van der Waals surface area contributed by atoms with Crippen LogP contribution < -0.4 is 10.6 Å². The minimum Gasteiger partial charge on any atom is -0.376 e. The van der Waals surface area contributed by atoms with Crippen molar-refractivity contribution in [2.75, 3.05) is 20.2 Å². The molecule has 0 atom stereocenters. The smallest absolute Gasteiger partial charge is 0.314 e. The maximum Gasteiger partial charge on any atom is 0.314 e. The van der Waals surface area contributed by atoms with Gasteiger partial charge < -0.3 is 15.4 Å². The molecule has 2 aromatic carbocycles. The molecule has 0 aliphatic heterocycles. The number of ether oxygens (including phenoxy) is 1. The molecule has 4 heteroatoms. The topological polar surface area (TPSA) is 50.4 Å². The van der Waals surface area contributed by atoms with Gasteiger partial charge in [-0.05, 0) is 23.1 Å². The molecular weight excluding hydrogens is 300 g/mol. The number of hydrogen-bond acceptors (Lipinski definition) is 2. The van der Waals surface area contributed by atoms with Gasteiger partial charge in [0.1, 0.15) is 0 Å². The highest BCUT2D eigenvalue weighted by Crippen LogP contribution is 2.31. The predicted molar refractivity (Wildman–Crippen MR) is 95.1 cm³/mol. The fraction of sp³-hybridized carbons (Fsp3) is 0.350. The zero-order valence-electron chi connectivity index (χ0n) is 14.0. The first-order valence-corrected chi connectivity index (χ1v) is 8.38. The summed E-state index contributed by atoms with van der Waals surface area (Å²) < 4.78 is 5.76. The van der Waals surface area contributed by atoms with E-state index in [-0.39, 0.29) is 11.6 Å². The van der Waals surface area contributed by atoms with Crippen LogP contribution in [0.4, 0.5) is 4.79 Å². The first-order chi connectivity index (χ1) is 11.7. The third-order valence-corrected chi connectivity index (χ3v) is 4.69. The molecule has 0 radical (unpaired) electrons. The van der Waals surface area contributed by atoms with Crippen molar-refractivity contribution in [2.45, 2.75) is 24.9 Å². The summed E-state index contributed by atoms with van der Waals surface area (Å²) in [6.07, 6.45) is 2.50. The summed E-state index contributed by atoms with van der Waals surface area (Å²) in [7, 11) is 1.72. The summed E-state index contributed by atoms with van der Waals surface area (Å²) >= 11 is 0. The van der Waals surface area contributed by atoms with Crippen LogP contribution in [0.1, 0.15) is 16.7 Å². The van der Waals surface area contributed by atoms with Crippen molar-refractivity contribution in [1.82, 2.24) is 10.6 Å². The Hall–Kier alpha value is -2.33. The number of amides is 2. The summed E-state index contributed by atoms with van der Waals surface area (Å²) in [6, 6.07) is 18.4. The number of urea groups is 1. The van der Waals surface area contributed by atoms with Crippen LogP contribution in [0.5, 0.6) is 0 Å². The number of methoxy groups -OCH3 is 1. The highest BCUT2D eigenvalue weighted by Gasteiger charge is 2.37. The Morgan fingerprint density at radius 1 is 1.00 bits per heavy atom. The van der Waals surface area contributed by atoms with Crippen LogP contribution in [0, 0.1) is 0 Å². The van der Waals surface area contributed by atoms with Crippen LogP contribution in [0.25, 0.3) is 0 Å². The standard InChI is InChI=1S/C20H24N2O2/c1-24-20(13-17-9-5-6-10-18(17)14-20)15-22-19(23)21-12-11-16-7-3-2-4-8-16/h2-10H,11-15H2,1H3,(H2,21,22,23). The molecule has 1 aliphatic rings. The Bertz CT molecular complexity index is 660. The molecule has 4 nitrogen and oxygen atoms in total. The van der Waals surface area contributed by atoms with Crippen molar-refractivity contribution in [3.63, 3.8) is 0 Å². The van der Waals surface area contributed by atoms with Gasteiger partial charge in [-0.25, -0.2) is 4.79 Å². The molecule has 0 unspecified atom stereocenters. The molecule has 0 spiro atoms. The number of benzene rings is 2. The lowest BCUT2D eigenvalue weighted by molar-refractivity contribution is 0.00178. The summed E-state index contributed by atoms with van der Waals surface area (Å²) in [5.41, 5.74) is 3.51. The highest BCUT2D eigenvalue weighted by atomic mass is 16.5. The molecule has 1 aliphatic carbocycles. The first-order valence-electron chi connectivity index (χ1n) is 8.38. The van der Waals surface area contributed by atoms with Crippen LogP contribution in [-0.4, -0.2) is 31.8 Å². The van der Waals surface area contributed by atoms with Crippen LogP contribution >= 0.6 is 0 Å². The quantitative estimate of drug-likeness (QED) is 0.858. The number of carbonyl (C=O) groups is 1. The highest BCUT2D eigenvalue weighted by molar-refractivity contribution is 5.74. The van der Waals surface area contributed by atoms with E-state index < -0.39 is 0 Å². The summed E-state index contributed by atoms with van der Waals surface area (Å²) in [5, 5.41) is 5.87. The third-order valence-electron chi connectivity index (χ3n) is 4.69. The van der Waals surface area contributed by atoms with Crippen molar-refractivity contribution in [3.8, 4) is 0 Å². The lowest BCUT2D eigenvalue weighted by atomic mass is 10.0. The van der Waals surface area contributed by atoms with Gasteiger partial charge >= 0.3 is 6.03 Å². The van der Waals surface area contributed by atoms with Gasteiger partial charge in [-0.2, -0.15) is 0 Å². The van der Waals surface area contributed by atoms with Gasteiger partial charge in [-0.15, -0.1) is 0 Å². The third kappa shape index (κ3) is 3.95. The van der Waals surface area contributed by atoms with Crippen LogP contribution in [0.2, 0.25) is 0 Å². The predicted octanol–water partition coefficient (Wildman–Crippen LogP) is 2.71. The van der Waals surface area contributed by atoms with Gasteiger partial charge in [0.2, 0.25) is 0 Å². The molecule has 0 aromatic heterocycles. The molecule has 2 aromatic rings. The van der Waals surface area contributed by atoms with Crippen molar-refractivity contribution in [3.05, 3.63) is 71.3 Å². The van der Waals surface area contributed by atoms with E-state index in [2.05, 4.69) is 34.9 Å². The number of carbonyl (C=O) groups excluding carboxylic acids is 1. The molecule has 2 amide bonds. The Balaban J connectivity index is 1.45. The van der Waals surface area contributed by atoms with E-state index in [1.165, 1.54) is 16.7 Å². The van der Waals surface area contributed by atoms with E-state index in [1.54, 1.807) is 7.11 Å². The Morgan fingerprint density at radius 3 is 2.25 bits per heavy atom. The van der Waals surface area contributed by atoms with Crippen molar-refractivity contribution < 1.29 is 9.53 Å². The van der Waals surface area contributed by atoms with Gasteiger partial charge in [0.05, 0.1) is 5.60 Å². The molecule has 0 heterocycles. The van der Waals surface area contributed by atoms with Crippen molar-refractivity contribution in [1.29, 1.82) is 0 Å². The monoisotopic (exact) mass is 324 g/mol. The fourth-order valence-electron chi connectivity index (χ4n) is 3.27. The number of fused-ring (bicyclic) bond motifs is 1. The Morgan fingerprint density at radius 2 is 1.62 bits per heavy atom. The second-order valence-corrected chi connectivity index (χ2v) is 6.35. The first kappa shape index (κ1) is 16.5. The van der Waals surface area contributed by atoms with E-state index in [1.807, 2.05) is 30.3 Å². The number of hydrogen-bond donors (Lipinski definition) is 2. The maximum atomic E-state index is 12.0. The molecule has 24 heavy (non-hydrogen) atoms. The second-order valence-electron chi connectivity index (χ2n) is 6.35. The van der Waals surface area contributed by atoms with Crippen LogP contribution in [0.3, 0.4) is 0 Å². The molecule has 2 N–H and O–H groups in total. The summed E-state index contributed by atoms with van der Waals surface area (Å²) in [6.45, 7) is 1.13. The van der Waals surface area contributed by atoms with E-state index >= 15 is 0 Å². The summed E-state index contributed by atoms with van der Waals surface area (Å²) in [5.74, 6) is 0. The Labute approximate surface area is 143 Å². The average molecular weight is 324 g/mol. The number of rotatable bonds is 6. The van der Waals surface area contributed by atoms with Gasteiger partial charge in [0.25, 0.3) is 0 Å². The van der Waals surface area contributed by atoms with E-state index in [0.29, 0.717) is 13.1 Å². The largest absolute Gasteiger partial charge is 0.376 e. The maximum absolute atomic E-state index is 12.0. The molecule has 0 saturated heterocycles. The normalized spacial score (nSPS) is 14.9. The molecule has 0 fully saturated rings.